The second-order valence-corrected chi connectivity index (χ2v) is 2.70. The predicted octanol–water partition coefficient (Wildman–Crippen LogP) is 4.01. The Morgan fingerprint density at radius 3 is 2.20 bits per heavy atom. The monoisotopic (exact) mass is 214 g/mol. The number of halogens is 2. The number of benzene rings is 1. The normalized spacial score (nSPS) is 8.80. The van der Waals surface area contributed by atoms with Gasteiger partial charge < -0.3 is 4.74 Å². The van der Waals surface area contributed by atoms with E-state index in [2.05, 4.69) is 12.1 Å². The number of ether oxygens (including phenoxy) is 1. The third-order valence-electron chi connectivity index (χ3n) is 1.53. The quantitative estimate of drug-likeness (QED) is 0.738. The Morgan fingerprint density at radius 2 is 1.80 bits per heavy atom. The van der Waals surface area contributed by atoms with Crippen LogP contribution in [0.2, 0.25) is 0 Å². The highest BCUT2D eigenvalue weighted by Crippen LogP contribution is 1.99. The predicted molar refractivity (Wildman–Crippen MR) is 57.7 cm³/mol. The van der Waals surface area contributed by atoms with E-state index in [1.165, 1.54) is 12.5 Å². The molecule has 0 bridgehead atoms. The van der Waals surface area contributed by atoms with Crippen LogP contribution in [0, 0.1) is 0 Å². The fraction of sp³-hybridized carbons (Fsp3) is 0.333. The third-order valence-corrected chi connectivity index (χ3v) is 1.53. The smallest absolute Gasteiger partial charge is 0.266 e. The molecule has 84 valence electrons. The van der Waals surface area contributed by atoms with Crippen LogP contribution in [0.5, 0.6) is 0 Å². The first-order chi connectivity index (χ1) is 7.20. The zero-order valence-electron chi connectivity index (χ0n) is 9.04. The molecule has 0 aliphatic carbocycles. The molecule has 0 radical (unpaired) electrons. The summed E-state index contributed by atoms with van der Waals surface area (Å²) in [4.78, 5) is 0. The van der Waals surface area contributed by atoms with Gasteiger partial charge >= 0.3 is 0 Å². The van der Waals surface area contributed by atoms with Crippen LogP contribution in [0.4, 0.5) is 8.78 Å². The van der Waals surface area contributed by atoms with Crippen LogP contribution in [0.1, 0.15) is 19.4 Å². The van der Waals surface area contributed by atoms with Crippen molar-refractivity contribution in [3.05, 3.63) is 48.1 Å². The third kappa shape index (κ3) is 9.09. The van der Waals surface area contributed by atoms with Gasteiger partial charge in [0.2, 0.25) is 0 Å². The van der Waals surface area contributed by atoms with Gasteiger partial charge in [-0.2, -0.15) is 8.78 Å². The van der Waals surface area contributed by atoms with Gasteiger partial charge in [0.15, 0.2) is 0 Å². The molecule has 1 aromatic carbocycles. The number of rotatable bonds is 3. The van der Waals surface area contributed by atoms with Crippen molar-refractivity contribution in [2.45, 2.75) is 20.5 Å². The van der Waals surface area contributed by atoms with Crippen LogP contribution < -0.4 is 0 Å². The lowest BCUT2D eigenvalue weighted by atomic mass is 10.2. The molecule has 15 heavy (non-hydrogen) atoms. The van der Waals surface area contributed by atoms with Crippen LogP contribution >= 0.6 is 0 Å². The topological polar surface area (TPSA) is 9.23 Å². The minimum atomic E-state index is -1.62. The van der Waals surface area contributed by atoms with Crippen molar-refractivity contribution in [2.24, 2.45) is 0 Å². The molecule has 0 aliphatic heterocycles. The summed E-state index contributed by atoms with van der Waals surface area (Å²) in [7, 11) is 0. The van der Waals surface area contributed by atoms with Gasteiger partial charge in [-0.05, 0) is 25.5 Å². The van der Waals surface area contributed by atoms with E-state index in [0.717, 1.165) is 19.3 Å². The lowest BCUT2D eigenvalue weighted by Gasteiger charge is -1.98. The highest BCUT2D eigenvalue weighted by Gasteiger charge is 1.86. The van der Waals surface area contributed by atoms with E-state index >= 15 is 0 Å². The molecule has 0 N–H and O–H groups in total. The molecule has 0 atom stereocenters. The first kappa shape index (κ1) is 13.8. The van der Waals surface area contributed by atoms with Crippen molar-refractivity contribution in [3.8, 4) is 0 Å². The minimum absolute atomic E-state index is 0.733. The molecule has 0 heterocycles. The SMILES string of the molecule is CC=C(F)F.CCOCc1ccccc1. The molecule has 0 fully saturated rings. The summed E-state index contributed by atoms with van der Waals surface area (Å²) in [6, 6.07) is 10.2. The maximum atomic E-state index is 10.6. The first-order valence-corrected chi connectivity index (χ1v) is 4.79. The fourth-order valence-electron chi connectivity index (χ4n) is 0.794. The zero-order chi connectivity index (χ0) is 11.5. The van der Waals surface area contributed by atoms with Crippen molar-refractivity contribution in [3.63, 3.8) is 0 Å². The molecular formula is C12H16F2O. The molecule has 0 aromatic heterocycles. The van der Waals surface area contributed by atoms with E-state index in [9.17, 15) is 8.78 Å². The van der Waals surface area contributed by atoms with E-state index in [1.807, 2.05) is 25.1 Å². The molecule has 1 aromatic rings. The van der Waals surface area contributed by atoms with Crippen molar-refractivity contribution >= 4 is 0 Å². The highest BCUT2D eigenvalue weighted by molar-refractivity contribution is 5.13. The largest absolute Gasteiger partial charge is 0.377 e. The van der Waals surface area contributed by atoms with E-state index in [-0.39, 0.29) is 0 Å². The van der Waals surface area contributed by atoms with E-state index in [0.29, 0.717) is 0 Å². The molecule has 0 unspecified atom stereocenters. The lowest BCUT2D eigenvalue weighted by Crippen LogP contribution is -1.90. The molecule has 1 nitrogen and oxygen atoms in total. The molecule has 1 rings (SSSR count). The molecule has 0 amide bonds. The van der Waals surface area contributed by atoms with Crippen LogP contribution in [0.3, 0.4) is 0 Å². The van der Waals surface area contributed by atoms with Crippen molar-refractivity contribution in [2.75, 3.05) is 6.61 Å². The van der Waals surface area contributed by atoms with Crippen molar-refractivity contribution in [1.29, 1.82) is 0 Å². The number of allylic oxidation sites excluding steroid dienone is 1. The summed E-state index contributed by atoms with van der Waals surface area (Å²) in [5.74, 6) is 0. The number of hydrogen-bond acceptors (Lipinski definition) is 1. The Labute approximate surface area is 89.4 Å². The Bertz CT molecular complexity index is 266. The summed E-state index contributed by atoms with van der Waals surface area (Å²) in [5, 5.41) is 0. The minimum Gasteiger partial charge on any atom is -0.377 e. The van der Waals surface area contributed by atoms with E-state index < -0.39 is 6.08 Å². The van der Waals surface area contributed by atoms with Gasteiger partial charge in [0.05, 0.1) is 6.61 Å². The Balaban J connectivity index is 0.000000336. The molecule has 3 heteroatoms. The molecule has 0 saturated heterocycles. The van der Waals surface area contributed by atoms with Gasteiger partial charge in [-0.1, -0.05) is 30.3 Å². The summed E-state index contributed by atoms with van der Waals surface area (Å²) < 4.78 is 26.5. The van der Waals surface area contributed by atoms with Crippen LogP contribution in [-0.4, -0.2) is 6.61 Å². The summed E-state index contributed by atoms with van der Waals surface area (Å²) >= 11 is 0. The summed E-state index contributed by atoms with van der Waals surface area (Å²) in [5.41, 5.74) is 1.24. The van der Waals surface area contributed by atoms with Crippen LogP contribution in [0.25, 0.3) is 0 Å². The summed E-state index contributed by atoms with van der Waals surface area (Å²) in [6.45, 7) is 4.81. The van der Waals surface area contributed by atoms with Crippen molar-refractivity contribution in [1.82, 2.24) is 0 Å². The van der Waals surface area contributed by atoms with E-state index in [4.69, 9.17) is 4.74 Å². The molecular weight excluding hydrogens is 198 g/mol. The van der Waals surface area contributed by atoms with Gasteiger partial charge in [-0.3, -0.25) is 0 Å². The lowest BCUT2D eigenvalue weighted by molar-refractivity contribution is 0.134. The highest BCUT2D eigenvalue weighted by atomic mass is 19.3. The maximum absolute atomic E-state index is 10.6. The molecule has 0 saturated carbocycles. The second kappa shape index (κ2) is 9.34. The van der Waals surface area contributed by atoms with Gasteiger partial charge in [-0.25, -0.2) is 0 Å². The maximum Gasteiger partial charge on any atom is 0.266 e. The second-order valence-electron chi connectivity index (χ2n) is 2.70. The Morgan fingerprint density at radius 1 is 1.27 bits per heavy atom. The molecule has 0 aliphatic rings. The van der Waals surface area contributed by atoms with Gasteiger partial charge in [0.25, 0.3) is 6.08 Å². The van der Waals surface area contributed by atoms with Crippen LogP contribution in [0.15, 0.2) is 42.5 Å². The van der Waals surface area contributed by atoms with Gasteiger partial charge in [-0.15, -0.1) is 0 Å². The average molecular weight is 214 g/mol. The first-order valence-electron chi connectivity index (χ1n) is 4.79. The Kier molecular flexibility index (Phi) is 8.58. The standard InChI is InChI=1S/C9H12O.C3H4F2/c1-2-10-8-9-6-4-3-5-7-9;1-2-3(4)5/h3-7H,2,8H2,1H3;2H,1H3. The fourth-order valence-corrected chi connectivity index (χ4v) is 0.794. The van der Waals surface area contributed by atoms with Crippen molar-refractivity contribution < 1.29 is 13.5 Å². The average Bonchev–Trinajstić information content (AvgIpc) is 2.28. The van der Waals surface area contributed by atoms with Crippen LogP contribution in [-0.2, 0) is 11.3 Å². The summed E-state index contributed by atoms with van der Waals surface area (Å²) in [6.07, 6.45) is -0.870. The van der Waals surface area contributed by atoms with Gasteiger partial charge in [0.1, 0.15) is 0 Å². The zero-order valence-corrected chi connectivity index (χ0v) is 9.04. The van der Waals surface area contributed by atoms with E-state index in [1.54, 1.807) is 0 Å². The molecule has 0 spiro atoms. The Hall–Kier alpha value is -1.22. The van der Waals surface area contributed by atoms with Gasteiger partial charge in [0, 0.05) is 6.61 Å². The number of hydrogen-bond donors (Lipinski definition) is 0.